The van der Waals surface area contributed by atoms with E-state index < -0.39 is 17.8 Å². The lowest BCUT2D eigenvalue weighted by molar-refractivity contribution is -0.137. The number of hydrogen-bond acceptors (Lipinski definition) is 4. The third-order valence-corrected chi connectivity index (χ3v) is 5.23. The van der Waals surface area contributed by atoms with E-state index in [0.717, 1.165) is 17.8 Å². The molecule has 0 saturated heterocycles. The van der Waals surface area contributed by atoms with E-state index in [2.05, 4.69) is 20.7 Å². The third kappa shape index (κ3) is 5.29. The van der Waals surface area contributed by atoms with Crippen LogP contribution in [0.15, 0.2) is 67.1 Å². The number of benzene rings is 2. The number of carbonyl (C=O) groups excluding carboxylic acids is 1. The van der Waals surface area contributed by atoms with Gasteiger partial charge in [0.05, 0.1) is 23.1 Å². The van der Waals surface area contributed by atoms with Crippen molar-refractivity contribution in [3.63, 3.8) is 0 Å². The van der Waals surface area contributed by atoms with Crippen LogP contribution in [-0.4, -0.2) is 25.4 Å². The Morgan fingerprint density at radius 3 is 2.11 bits per heavy atom. The number of halogens is 3. The third-order valence-electron chi connectivity index (χ3n) is 5.23. The van der Waals surface area contributed by atoms with E-state index in [9.17, 15) is 18.0 Å². The van der Waals surface area contributed by atoms with Crippen molar-refractivity contribution in [3.8, 4) is 11.4 Å². The first-order chi connectivity index (χ1) is 16.4. The fourth-order valence-electron chi connectivity index (χ4n) is 3.33. The fraction of sp³-hybridized carbons (Fsp3) is 0.208. The van der Waals surface area contributed by atoms with Gasteiger partial charge < -0.3 is 11.1 Å². The molecule has 0 bridgehead atoms. The first-order valence-corrected chi connectivity index (χ1v) is 10.7. The van der Waals surface area contributed by atoms with E-state index in [1.54, 1.807) is 41.2 Å². The van der Waals surface area contributed by atoms with Gasteiger partial charge in [-0.1, -0.05) is 20.8 Å². The summed E-state index contributed by atoms with van der Waals surface area (Å²) in [6, 6.07) is 12.7. The number of carbonyl (C=O) groups is 1. The number of nitrogens with zero attached hydrogens (tertiary/aromatic N) is 4. The molecule has 11 heteroatoms. The minimum atomic E-state index is -4.45. The summed E-state index contributed by atoms with van der Waals surface area (Å²) < 4.78 is 42.0. The number of nitrogens with one attached hydrogen (secondary N) is 2. The Balaban J connectivity index is 1.55. The topological polar surface area (TPSA) is 103 Å². The molecule has 0 unspecified atom stereocenters. The molecule has 35 heavy (non-hydrogen) atoms. The standard InChI is InChI=1S/C24H24F3N7O/c1-23(2,3)19-12-21(34(32-19)18-8-4-15(5-9-18)24(25,26)27)31-22(35)30-16-6-10-17(11-7-16)33-14-29-13-20(33)28/h4-14H,28H2,1-3H3,(H2,30,31,35). The Hall–Kier alpha value is -4.28. The fourth-order valence-corrected chi connectivity index (χ4v) is 3.33. The smallest absolute Gasteiger partial charge is 0.383 e. The van der Waals surface area contributed by atoms with Gasteiger partial charge in [-0.15, -0.1) is 0 Å². The zero-order valence-corrected chi connectivity index (χ0v) is 19.3. The molecule has 0 atom stereocenters. The quantitative estimate of drug-likeness (QED) is 0.352. The zero-order chi connectivity index (χ0) is 25.4. The highest BCUT2D eigenvalue weighted by atomic mass is 19.4. The Kier molecular flexibility index (Phi) is 6.01. The molecule has 2 aromatic heterocycles. The first-order valence-electron chi connectivity index (χ1n) is 10.7. The van der Waals surface area contributed by atoms with Gasteiger partial charge in [0, 0.05) is 22.9 Å². The Morgan fingerprint density at radius 1 is 0.943 bits per heavy atom. The molecule has 0 aliphatic heterocycles. The maximum atomic E-state index is 13.0. The van der Waals surface area contributed by atoms with Crippen molar-refractivity contribution in [1.29, 1.82) is 0 Å². The van der Waals surface area contributed by atoms with Crippen LogP contribution in [0.3, 0.4) is 0 Å². The number of rotatable bonds is 4. The van der Waals surface area contributed by atoms with Gasteiger partial charge in [0.25, 0.3) is 0 Å². The molecule has 0 saturated carbocycles. The summed E-state index contributed by atoms with van der Waals surface area (Å²) in [4.78, 5) is 16.7. The number of amides is 2. The van der Waals surface area contributed by atoms with Gasteiger partial charge >= 0.3 is 12.2 Å². The molecule has 0 spiro atoms. The Morgan fingerprint density at radius 2 is 1.57 bits per heavy atom. The lowest BCUT2D eigenvalue weighted by Gasteiger charge is -2.14. The molecular weight excluding hydrogens is 459 g/mol. The van der Waals surface area contributed by atoms with E-state index in [-0.39, 0.29) is 5.41 Å². The number of aromatic nitrogens is 4. The van der Waals surface area contributed by atoms with E-state index in [0.29, 0.717) is 28.7 Å². The first kappa shape index (κ1) is 23.9. The molecule has 4 aromatic rings. The number of anilines is 3. The summed E-state index contributed by atoms with van der Waals surface area (Å²) in [5, 5.41) is 10.0. The molecule has 2 heterocycles. The molecular formula is C24H24F3N7O. The molecule has 2 aromatic carbocycles. The number of nitrogens with two attached hydrogens (primary N) is 1. The molecule has 4 N–H and O–H groups in total. The van der Waals surface area contributed by atoms with E-state index >= 15 is 0 Å². The van der Waals surface area contributed by atoms with Crippen LogP contribution in [0.4, 0.5) is 35.3 Å². The van der Waals surface area contributed by atoms with Crippen LogP contribution in [-0.2, 0) is 11.6 Å². The van der Waals surface area contributed by atoms with Crippen molar-refractivity contribution < 1.29 is 18.0 Å². The highest BCUT2D eigenvalue weighted by molar-refractivity contribution is 5.99. The highest BCUT2D eigenvalue weighted by Crippen LogP contribution is 2.31. The molecule has 4 rings (SSSR count). The maximum absolute atomic E-state index is 13.0. The predicted octanol–water partition coefficient (Wildman–Crippen LogP) is 5.60. The Labute approximate surface area is 199 Å². The predicted molar refractivity (Wildman–Crippen MR) is 128 cm³/mol. The van der Waals surface area contributed by atoms with Crippen LogP contribution in [0.25, 0.3) is 11.4 Å². The van der Waals surface area contributed by atoms with Gasteiger partial charge in [0.2, 0.25) is 0 Å². The van der Waals surface area contributed by atoms with Crippen molar-refractivity contribution in [2.75, 3.05) is 16.4 Å². The number of nitrogen functional groups attached to an aromatic ring is 1. The molecule has 0 aliphatic carbocycles. The molecule has 0 fully saturated rings. The monoisotopic (exact) mass is 483 g/mol. The number of imidazole rings is 1. The average Bonchev–Trinajstić information content (AvgIpc) is 3.40. The van der Waals surface area contributed by atoms with Gasteiger partial charge in [-0.25, -0.2) is 14.5 Å². The summed E-state index contributed by atoms with van der Waals surface area (Å²) in [6.07, 6.45) is -1.33. The maximum Gasteiger partial charge on any atom is 0.416 e. The molecule has 182 valence electrons. The number of alkyl halides is 3. The van der Waals surface area contributed by atoms with Crippen molar-refractivity contribution in [2.45, 2.75) is 32.4 Å². The summed E-state index contributed by atoms with van der Waals surface area (Å²) in [5.41, 5.74) is 7.09. The van der Waals surface area contributed by atoms with Crippen molar-refractivity contribution in [2.24, 2.45) is 0 Å². The lowest BCUT2D eigenvalue weighted by Crippen LogP contribution is -2.21. The average molecular weight is 483 g/mol. The molecule has 0 aliphatic rings. The van der Waals surface area contributed by atoms with E-state index in [1.807, 2.05) is 20.8 Å². The van der Waals surface area contributed by atoms with Gasteiger partial charge in [0.1, 0.15) is 18.0 Å². The highest BCUT2D eigenvalue weighted by Gasteiger charge is 2.30. The lowest BCUT2D eigenvalue weighted by atomic mass is 9.92. The zero-order valence-electron chi connectivity index (χ0n) is 19.3. The Bertz CT molecular complexity index is 1330. The summed E-state index contributed by atoms with van der Waals surface area (Å²) in [5.74, 6) is 0.796. The largest absolute Gasteiger partial charge is 0.416 e. The van der Waals surface area contributed by atoms with Crippen molar-refractivity contribution in [3.05, 3.63) is 78.4 Å². The van der Waals surface area contributed by atoms with Crippen LogP contribution in [0, 0.1) is 0 Å². The molecule has 2 amide bonds. The summed E-state index contributed by atoms with van der Waals surface area (Å²) in [6.45, 7) is 5.85. The second kappa shape index (κ2) is 8.82. The van der Waals surface area contributed by atoms with Gasteiger partial charge in [-0.3, -0.25) is 9.88 Å². The van der Waals surface area contributed by atoms with Crippen LogP contribution in [0.1, 0.15) is 32.0 Å². The van der Waals surface area contributed by atoms with E-state index in [4.69, 9.17) is 5.73 Å². The number of hydrogen-bond donors (Lipinski definition) is 3. The van der Waals surface area contributed by atoms with Crippen molar-refractivity contribution in [1.82, 2.24) is 19.3 Å². The van der Waals surface area contributed by atoms with Gasteiger partial charge in [0.15, 0.2) is 0 Å². The van der Waals surface area contributed by atoms with Crippen molar-refractivity contribution >= 4 is 23.4 Å². The van der Waals surface area contributed by atoms with Gasteiger partial charge in [-0.05, 0) is 48.5 Å². The SMILES string of the molecule is CC(C)(C)c1cc(NC(=O)Nc2ccc(-n3cncc3N)cc2)n(-c2ccc(C(F)(F)F)cc2)n1. The molecule has 0 radical (unpaired) electrons. The number of urea groups is 1. The normalized spacial score (nSPS) is 11.9. The van der Waals surface area contributed by atoms with Crippen LogP contribution in [0.2, 0.25) is 0 Å². The van der Waals surface area contributed by atoms with E-state index in [1.165, 1.54) is 23.0 Å². The van der Waals surface area contributed by atoms with Gasteiger partial charge in [-0.2, -0.15) is 18.3 Å². The second-order valence-corrected chi connectivity index (χ2v) is 8.94. The second-order valence-electron chi connectivity index (χ2n) is 8.94. The van der Waals surface area contributed by atoms with Crippen LogP contribution < -0.4 is 16.4 Å². The van der Waals surface area contributed by atoms with Crippen LogP contribution in [0.5, 0.6) is 0 Å². The molecule has 8 nitrogen and oxygen atoms in total. The van der Waals surface area contributed by atoms with Crippen LogP contribution >= 0.6 is 0 Å². The summed E-state index contributed by atoms with van der Waals surface area (Å²) in [7, 11) is 0. The minimum Gasteiger partial charge on any atom is -0.383 e. The minimum absolute atomic E-state index is 0.315. The summed E-state index contributed by atoms with van der Waals surface area (Å²) >= 11 is 0.